The Hall–Kier alpha value is -3.85. The van der Waals surface area contributed by atoms with Crippen molar-refractivity contribution in [3.05, 3.63) is 107 Å². The van der Waals surface area contributed by atoms with E-state index in [4.69, 9.17) is 4.74 Å². The summed E-state index contributed by atoms with van der Waals surface area (Å²) in [5.41, 5.74) is 1.65. The predicted octanol–water partition coefficient (Wildman–Crippen LogP) is 2.32. The lowest BCUT2D eigenvalue weighted by Crippen LogP contribution is -2.39. The Morgan fingerprint density at radius 3 is 2.65 bits per heavy atom. The maximum absolute atomic E-state index is 13.4. The number of thiazole rings is 1. The Morgan fingerprint density at radius 2 is 1.97 bits per heavy atom. The van der Waals surface area contributed by atoms with Crippen molar-refractivity contribution in [2.75, 3.05) is 7.11 Å². The van der Waals surface area contributed by atoms with Crippen LogP contribution in [0.25, 0.3) is 6.08 Å². The van der Waals surface area contributed by atoms with Gasteiger partial charge in [-0.3, -0.25) is 19.5 Å². The van der Waals surface area contributed by atoms with Gasteiger partial charge in [-0.2, -0.15) is 0 Å². The van der Waals surface area contributed by atoms with Crippen LogP contribution >= 0.6 is 11.3 Å². The van der Waals surface area contributed by atoms with E-state index in [1.165, 1.54) is 35.1 Å². The van der Waals surface area contributed by atoms with Gasteiger partial charge in [0.05, 0.1) is 33.9 Å². The zero-order valence-electron chi connectivity index (χ0n) is 16.6. The Morgan fingerprint density at radius 1 is 1.23 bits per heavy atom. The van der Waals surface area contributed by atoms with Crippen LogP contribution in [0.3, 0.4) is 0 Å². The van der Waals surface area contributed by atoms with Gasteiger partial charge in [-0.15, -0.1) is 0 Å². The largest absolute Gasteiger partial charge is 0.466 e. The number of hydrogen-bond acceptors (Lipinski definition) is 7. The third-order valence-corrected chi connectivity index (χ3v) is 5.90. The summed E-state index contributed by atoms with van der Waals surface area (Å²) >= 11 is 1.17. The molecule has 0 radical (unpaired) electrons. The minimum Gasteiger partial charge on any atom is -0.466 e. The van der Waals surface area contributed by atoms with Crippen LogP contribution in [0.2, 0.25) is 0 Å². The van der Waals surface area contributed by atoms with E-state index in [2.05, 4.69) is 4.99 Å². The van der Waals surface area contributed by atoms with Crippen molar-refractivity contribution in [2.45, 2.75) is 13.0 Å². The van der Waals surface area contributed by atoms with E-state index >= 15 is 0 Å². The number of nitro groups is 1. The van der Waals surface area contributed by atoms with Gasteiger partial charge in [0.15, 0.2) is 4.80 Å². The Labute approximate surface area is 180 Å². The highest BCUT2D eigenvalue weighted by Gasteiger charge is 2.32. The lowest BCUT2D eigenvalue weighted by molar-refractivity contribution is -0.384. The third kappa shape index (κ3) is 3.71. The molecule has 0 fully saturated rings. The first kappa shape index (κ1) is 20.4. The quantitative estimate of drug-likeness (QED) is 0.355. The number of hydrogen-bond donors (Lipinski definition) is 0. The number of nitro benzene ring substituents is 1. The van der Waals surface area contributed by atoms with E-state index in [1.54, 1.807) is 25.1 Å². The molecule has 2 heterocycles. The molecular formula is C22H17N3O5S. The zero-order valence-corrected chi connectivity index (χ0v) is 17.5. The van der Waals surface area contributed by atoms with Crippen LogP contribution in [-0.4, -0.2) is 22.6 Å². The summed E-state index contributed by atoms with van der Waals surface area (Å²) in [5, 5.41) is 11.1. The normalized spacial score (nSPS) is 15.9. The molecule has 8 nitrogen and oxygen atoms in total. The van der Waals surface area contributed by atoms with Gasteiger partial charge < -0.3 is 4.74 Å². The maximum atomic E-state index is 13.4. The van der Waals surface area contributed by atoms with Gasteiger partial charge >= 0.3 is 5.97 Å². The van der Waals surface area contributed by atoms with E-state index in [0.717, 1.165) is 5.56 Å². The number of non-ortho nitro benzene ring substituents is 1. The summed E-state index contributed by atoms with van der Waals surface area (Å²) in [5.74, 6) is -0.553. The van der Waals surface area contributed by atoms with Gasteiger partial charge in [-0.1, -0.05) is 53.8 Å². The van der Waals surface area contributed by atoms with Crippen LogP contribution in [0.5, 0.6) is 0 Å². The zero-order chi connectivity index (χ0) is 22.1. The molecule has 2 aromatic carbocycles. The SMILES string of the molecule is COC(=O)C1=C(C)N=c2sc(=Cc3cccc([N+](=O)[O-])c3)c(=O)n2[C@H]1c1ccccc1. The number of carbonyl (C=O) groups excluding carboxylic acids is 1. The van der Waals surface area contributed by atoms with Crippen LogP contribution in [0.4, 0.5) is 5.69 Å². The lowest BCUT2D eigenvalue weighted by atomic mass is 9.96. The van der Waals surface area contributed by atoms with Gasteiger partial charge in [0, 0.05) is 12.1 Å². The maximum Gasteiger partial charge on any atom is 0.338 e. The number of rotatable bonds is 4. The highest BCUT2D eigenvalue weighted by Crippen LogP contribution is 2.30. The van der Waals surface area contributed by atoms with Crippen molar-refractivity contribution in [3.8, 4) is 0 Å². The van der Waals surface area contributed by atoms with Crippen LogP contribution in [0.1, 0.15) is 24.1 Å². The molecule has 1 atom stereocenters. The van der Waals surface area contributed by atoms with Gasteiger partial charge in [0.25, 0.3) is 11.2 Å². The number of methoxy groups -OCH3 is 1. The topological polar surface area (TPSA) is 104 Å². The van der Waals surface area contributed by atoms with Crippen LogP contribution < -0.4 is 14.9 Å². The Kier molecular flexibility index (Phi) is 5.35. The van der Waals surface area contributed by atoms with Crippen LogP contribution in [-0.2, 0) is 9.53 Å². The number of nitrogens with zero attached hydrogens (tertiary/aromatic N) is 3. The fourth-order valence-electron chi connectivity index (χ4n) is 3.52. The first-order valence-electron chi connectivity index (χ1n) is 9.31. The monoisotopic (exact) mass is 435 g/mol. The first-order chi connectivity index (χ1) is 14.9. The summed E-state index contributed by atoms with van der Waals surface area (Å²) in [4.78, 5) is 41.4. The number of esters is 1. The summed E-state index contributed by atoms with van der Waals surface area (Å²) < 4.78 is 6.80. The molecule has 0 saturated carbocycles. The summed E-state index contributed by atoms with van der Waals surface area (Å²) in [6.07, 6.45) is 1.59. The molecule has 0 aliphatic carbocycles. The molecule has 4 rings (SSSR count). The van der Waals surface area contributed by atoms with Gasteiger partial charge in [0.2, 0.25) is 0 Å². The van der Waals surface area contributed by atoms with E-state index < -0.39 is 16.9 Å². The van der Waals surface area contributed by atoms with Crippen LogP contribution in [0.15, 0.2) is 75.7 Å². The summed E-state index contributed by atoms with van der Waals surface area (Å²) in [7, 11) is 1.29. The second-order valence-electron chi connectivity index (χ2n) is 6.84. The van der Waals surface area contributed by atoms with E-state index in [-0.39, 0.29) is 11.2 Å². The van der Waals surface area contributed by atoms with E-state index in [0.29, 0.717) is 26.2 Å². The molecule has 9 heteroatoms. The molecule has 3 aromatic rings. The molecule has 31 heavy (non-hydrogen) atoms. The van der Waals surface area contributed by atoms with E-state index in [1.807, 2.05) is 30.3 Å². The fraction of sp³-hybridized carbons (Fsp3) is 0.136. The van der Waals surface area contributed by atoms with Gasteiger partial charge in [-0.05, 0) is 24.1 Å². The Balaban J connectivity index is 1.95. The molecule has 1 aliphatic heterocycles. The molecule has 0 saturated heterocycles. The average Bonchev–Trinajstić information content (AvgIpc) is 3.07. The molecule has 1 aromatic heterocycles. The molecule has 156 valence electrons. The fourth-order valence-corrected chi connectivity index (χ4v) is 4.57. The molecular weight excluding hydrogens is 418 g/mol. The molecule has 0 amide bonds. The first-order valence-corrected chi connectivity index (χ1v) is 10.1. The number of carbonyl (C=O) groups is 1. The molecule has 0 spiro atoms. The summed E-state index contributed by atoms with van der Waals surface area (Å²) in [6.45, 7) is 1.71. The van der Waals surface area contributed by atoms with Crippen molar-refractivity contribution < 1.29 is 14.5 Å². The summed E-state index contributed by atoms with van der Waals surface area (Å²) in [6, 6.07) is 14.5. The molecule has 0 unspecified atom stereocenters. The average molecular weight is 435 g/mol. The smallest absolute Gasteiger partial charge is 0.338 e. The Bertz CT molecular complexity index is 1400. The number of benzene rings is 2. The predicted molar refractivity (Wildman–Crippen MR) is 115 cm³/mol. The van der Waals surface area contributed by atoms with E-state index in [9.17, 15) is 19.7 Å². The number of aromatic nitrogens is 1. The minimum atomic E-state index is -0.683. The van der Waals surface area contributed by atoms with Crippen LogP contribution in [0, 0.1) is 10.1 Å². The van der Waals surface area contributed by atoms with Crippen molar-refractivity contribution in [2.24, 2.45) is 4.99 Å². The highest BCUT2D eigenvalue weighted by molar-refractivity contribution is 7.07. The standard InChI is InChI=1S/C22H17N3O5S/c1-13-18(21(27)30-2)19(15-8-4-3-5-9-15)24-20(26)17(31-22(24)23-13)12-14-7-6-10-16(11-14)25(28)29/h3-12,19H,1-2H3/t19-/m0/s1. The molecule has 0 N–H and O–H groups in total. The molecule has 1 aliphatic rings. The number of ether oxygens (including phenoxy) is 1. The number of allylic oxidation sites excluding steroid dienone is 1. The highest BCUT2D eigenvalue weighted by atomic mass is 32.1. The second-order valence-corrected chi connectivity index (χ2v) is 7.85. The van der Waals surface area contributed by atoms with Gasteiger partial charge in [-0.25, -0.2) is 9.79 Å². The van der Waals surface area contributed by atoms with Gasteiger partial charge in [0.1, 0.15) is 0 Å². The van der Waals surface area contributed by atoms with Crippen molar-refractivity contribution in [1.29, 1.82) is 0 Å². The minimum absolute atomic E-state index is 0.0625. The van der Waals surface area contributed by atoms with Crippen molar-refractivity contribution in [3.63, 3.8) is 0 Å². The second kappa shape index (κ2) is 8.11. The van der Waals surface area contributed by atoms with Crippen molar-refractivity contribution in [1.82, 2.24) is 4.57 Å². The molecule has 0 bridgehead atoms. The number of fused-ring (bicyclic) bond motifs is 1. The third-order valence-electron chi connectivity index (χ3n) is 4.92. The van der Waals surface area contributed by atoms with Crippen molar-refractivity contribution >= 4 is 29.1 Å². The lowest BCUT2D eigenvalue weighted by Gasteiger charge is -2.24.